The van der Waals surface area contributed by atoms with Gasteiger partial charge in [-0.2, -0.15) is 0 Å². The van der Waals surface area contributed by atoms with Gasteiger partial charge >= 0.3 is 0 Å². The molecule has 0 radical (unpaired) electrons. The van der Waals surface area contributed by atoms with Crippen LogP contribution >= 0.6 is 36.4 Å². The first-order valence-corrected chi connectivity index (χ1v) is 8.24. The molecule has 0 bridgehead atoms. The Bertz CT molecular complexity index is 666. The van der Waals surface area contributed by atoms with E-state index in [-0.39, 0.29) is 24.8 Å². The summed E-state index contributed by atoms with van der Waals surface area (Å²) in [5.41, 5.74) is 2.90. The van der Waals surface area contributed by atoms with Crippen molar-refractivity contribution in [2.24, 2.45) is 0 Å². The highest BCUT2D eigenvalue weighted by molar-refractivity contribution is 6.30. The molecule has 25 heavy (non-hydrogen) atoms. The molecule has 0 unspecified atom stereocenters. The SMILES string of the molecule is Cc1cc(-c2cccc(Cl)c2)nnc1NCCN1CCOCC1.Cl.Cl. The van der Waals surface area contributed by atoms with E-state index in [9.17, 15) is 0 Å². The van der Waals surface area contributed by atoms with Crippen molar-refractivity contribution in [2.75, 3.05) is 44.7 Å². The number of ether oxygens (including phenoxy) is 1. The van der Waals surface area contributed by atoms with Crippen LogP contribution in [0, 0.1) is 6.92 Å². The fourth-order valence-electron chi connectivity index (χ4n) is 2.61. The highest BCUT2D eigenvalue weighted by Crippen LogP contribution is 2.22. The van der Waals surface area contributed by atoms with Gasteiger partial charge in [-0.05, 0) is 30.7 Å². The lowest BCUT2D eigenvalue weighted by molar-refractivity contribution is 0.0398. The van der Waals surface area contributed by atoms with Gasteiger partial charge in [0.25, 0.3) is 0 Å². The largest absolute Gasteiger partial charge is 0.379 e. The number of rotatable bonds is 5. The van der Waals surface area contributed by atoms with Crippen LogP contribution in [-0.4, -0.2) is 54.5 Å². The molecule has 1 saturated heterocycles. The van der Waals surface area contributed by atoms with E-state index in [1.807, 2.05) is 37.3 Å². The Morgan fingerprint density at radius 2 is 1.92 bits per heavy atom. The van der Waals surface area contributed by atoms with E-state index in [0.717, 1.165) is 62.0 Å². The maximum absolute atomic E-state index is 6.03. The van der Waals surface area contributed by atoms with Crippen molar-refractivity contribution in [1.82, 2.24) is 15.1 Å². The quantitative estimate of drug-likeness (QED) is 0.822. The van der Waals surface area contributed by atoms with Gasteiger partial charge in [0.05, 0.1) is 18.9 Å². The highest BCUT2D eigenvalue weighted by Gasteiger charge is 2.10. The number of hydrogen-bond acceptors (Lipinski definition) is 5. The highest BCUT2D eigenvalue weighted by atomic mass is 35.5. The Kier molecular flexibility index (Phi) is 9.46. The van der Waals surface area contributed by atoms with Crippen molar-refractivity contribution in [3.05, 3.63) is 40.9 Å². The standard InChI is InChI=1S/C17H21ClN4O.2ClH/c1-13-11-16(14-3-2-4-15(18)12-14)20-21-17(13)19-5-6-22-7-9-23-10-8-22;;/h2-4,11-12H,5-10H2,1H3,(H,19,21);2*1H. The van der Waals surface area contributed by atoms with Crippen molar-refractivity contribution in [1.29, 1.82) is 0 Å². The monoisotopic (exact) mass is 404 g/mol. The summed E-state index contributed by atoms with van der Waals surface area (Å²) in [5.74, 6) is 0.837. The van der Waals surface area contributed by atoms with Gasteiger partial charge in [-0.3, -0.25) is 4.90 Å². The predicted octanol–water partition coefficient (Wildman–Crippen LogP) is 3.69. The average molecular weight is 406 g/mol. The number of benzene rings is 1. The Morgan fingerprint density at radius 1 is 1.16 bits per heavy atom. The van der Waals surface area contributed by atoms with Gasteiger partial charge in [-0.25, -0.2) is 0 Å². The third kappa shape index (κ3) is 6.28. The molecule has 0 spiro atoms. The van der Waals surface area contributed by atoms with Crippen LogP contribution in [0.3, 0.4) is 0 Å². The lowest BCUT2D eigenvalue weighted by Gasteiger charge is -2.26. The lowest BCUT2D eigenvalue weighted by atomic mass is 10.1. The van der Waals surface area contributed by atoms with Crippen LogP contribution < -0.4 is 5.32 Å². The Labute approximate surface area is 165 Å². The van der Waals surface area contributed by atoms with E-state index in [1.54, 1.807) is 0 Å². The molecular weight excluding hydrogens is 383 g/mol. The van der Waals surface area contributed by atoms with E-state index in [0.29, 0.717) is 5.02 Å². The average Bonchev–Trinajstić information content (AvgIpc) is 2.57. The first kappa shape index (κ1) is 21.9. The summed E-state index contributed by atoms with van der Waals surface area (Å²) < 4.78 is 5.35. The summed E-state index contributed by atoms with van der Waals surface area (Å²) in [6, 6.07) is 9.70. The van der Waals surface area contributed by atoms with Crippen molar-refractivity contribution >= 4 is 42.2 Å². The fraction of sp³-hybridized carbons (Fsp3) is 0.412. The minimum Gasteiger partial charge on any atom is -0.379 e. The zero-order valence-electron chi connectivity index (χ0n) is 14.1. The predicted molar refractivity (Wildman–Crippen MR) is 107 cm³/mol. The second-order valence-electron chi connectivity index (χ2n) is 5.65. The fourth-order valence-corrected chi connectivity index (χ4v) is 2.80. The third-order valence-corrected chi connectivity index (χ3v) is 4.16. The smallest absolute Gasteiger partial charge is 0.151 e. The van der Waals surface area contributed by atoms with Gasteiger partial charge in [0.15, 0.2) is 5.82 Å². The first-order valence-electron chi connectivity index (χ1n) is 7.86. The van der Waals surface area contributed by atoms with Crippen molar-refractivity contribution in [2.45, 2.75) is 6.92 Å². The summed E-state index contributed by atoms with van der Waals surface area (Å²) in [7, 11) is 0. The van der Waals surface area contributed by atoms with E-state index < -0.39 is 0 Å². The normalized spacial score (nSPS) is 14.3. The Hall–Kier alpha value is -1.11. The van der Waals surface area contributed by atoms with Gasteiger partial charge in [-0.1, -0.05) is 23.7 Å². The van der Waals surface area contributed by atoms with Gasteiger partial charge in [0.2, 0.25) is 0 Å². The molecule has 1 N–H and O–H groups in total. The van der Waals surface area contributed by atoms with Crippen molar-refractivity contribution in [3.8, 4) is 11.3 Å². The van der Waals surface area contributed by atoms with E-state index in [1.165, 1.54) is 0 Å². The van der Waals surface area contributed by atoms with E-state index >= 15 is 0 Å². The molecule has 0 saturated carbocycles. The maximum atomic E-state index is 6.03. The van der Waals surface area contributed by atoms with Crippen molar-refractivity contribution in [3.63, 3.8) is 0 Å². The van der Waals surface area contributed by atoms with Gasteiger partial charge in [-0.15, -0.1) is 35.0 Å². The van der Waals surface area contributed by atoms with Crippen LogP contribution in [0.1, 0.15) is 5.56 Å². The minimum absolute atomic E-state index is 0. The number of nitrogens with one attached hydrogen (secondary N) is 1. The molecule has 3 rings (SSSR count). The zero-order chi connectivity index (χ0) is 16.1. The molecule has 8 heteroatoms. The maximum Gasteiger partial charge on any atom is 0.151 e. The molecule has 1 aromatic carbocycles. The zero-order valence-corrected chi connectivity index (χ0v) is 16.5. The third-order valence-electron chi connectivity index (χ3n) is 3.93. The second-order valence-corrected chi connectivity index (χ2v) is 6.09. The van der Waals surface area contributed by atoms with Crippen LogP contribution in [0.2, 0.25) is 5.02 Å². The van der Waals surface area contributed by atoms with Gasteiger partial charge in [0, 0.05) is 36.8 Å². The molecule has 1 aliphatic heterocycles. The molecule has 1 fully saturated rings. The Morgan fingerprint density at radius 3 is 2.60 bits per heavy atom. The number of anilines is 1. The van der Waals surface area contributed by atoms with Crippen molar-refractivity contribution < 1.29 is 4.74 Å². The first-order chi connectivity index (χ1) is 11.2. The molecule has 0 atom stereocenters. The van der Waals surface area contributed by atoms with Crippen LogP contribution in [0.15, 0.2) is 30.3 Å². The molecule has 1 aliphatic rings. The van der Waals surface area contributed by atoms with E-state index in [2.05, 4.69) is 20.4 Å². The number of aromatic nitrogens is 2. The minimum atomic E-state index is 0. The van der Waals surface area contributed by atoms with E-state index in [4.69, 9.17) is 16.3 Å². The number of nitrogens with zero attached hydrogens (tertiary/aromatic N) is 3. The molecular formula is C17H23Cl3N4O. The summed E-state index contributed by atoms with van der Waals surface area (Å²) in [6.07, 6.45) is 0. The summed E-state index contributed by atoms with van der Waals surface area (Å²) in [6.45, 7) is 7.53. The molecule has 5 nitrogen and oxygen atoms in total. The van der Waals surface area contributed by atoms with Crippen LogP contribution in [-0.2, 0) is 4.74 Å². The second kappa shape index (κ2) is 10.8. The molecule has 0 aliphatic carbocycles. The van der Waals surface area contributed by atoms with Crippen LogP contribution in [0.4, 0.5) is 5.82 Å². The van der Waals surface area contributed by atoms with Gasteiger partial charge < -0.3 is 10.1 Å². The summed E-state index contributed by atoms with van der Waals surface area (Å²) >= 11 is 6.03. The summed E-state index contributed by atoms with van der Waals surface area (Å²) in [4.78, 5) is 2.39. The lowest BCUT2D eigenvalue weighted by Crippen LogP contribution is -2.39. The summed E-state index contributed by atoms with van der Waals surface area (Å²) in [5, 5.41) is 12.7. The number of halogens is 3. The number of aryl methyl sites for hydroxylation is 1. The van der Waals surface area contributed by atoms with Crippen LogP contribution in [0.5, 0.6) is 0 Å². The number of hydrogen-bond donors (Lipinski definition) is 1. The number of morpholine rings is 1. The molecule has 1 aromatic heterocycles. The molecule has 0 amide bonds. The van der Waals surface area contributed by atoms with Gasteiger partial charge in [0.1, 0.15) is 0 Å². The molecule has 2 heterocycles. The topological polar surface area (TPSA) is 50.3 Å². The Balaban J connectivity index is 0.00000156. The molecule has 138 valence electrons. The molecule has 2 aromatic rings. The van der Waals surface area contributed by atoms with Crippen LogP contribution in [0.25, 0.3) is 11.3 Å².